The SMILES string of the molecule is Nc1cc2c(cc1NC(=O)c1ccc(N3CCCC3)nn1)OCO2. The molecule has 2 aliphatic rings. The smallest absolute Gasteiger partial charge is 0.276 e. The summed E-state index contributed by atoms with van der Waals surface area (Å²) in [4.78, 5) is 14.5. The molecule has 1 amide bonds. The summed E-state index contributed by atoms with van der Waals surface area (Å²) in [6.45, 7) is 2.11. The second-order valence-corrected chi connectivity index (χ2v) is 5.72. The summed E-state index contributed by atoms with van der Waals surface area (Å²) in [6.07, 6.45) is 2.32. The van der Waals surface area contributed by atoms with E-state index in [-0.39, 0.29) is 18.4 Å². The Balaban J connectivity index is 1.50. The van der Waals surface area contributed by atoms with Gasteiger partial charge in [-0.25, -0.2) is 0 Å². The molecule has 0 saturated carbocycles. The summed E-state index contributed by atoms with van der Waals surface area (Å²) in [5.41, 5.74) is 7.02. The molecule has 0 bridgehead atoms. The summed E-state index contributed by atoms with van der Waals surface area (Å²) in [5, 5.41) is 10.9. The van der Waals surface area contributed by atoms with Gasteiger partial charge in [0.15, 0.2) is 23.0 Å². The van der Waals surface area contributed by atoms with Crippen molar-refractivity contribution < 1.29 is 14.3 Å². The number of carbonyl (C=O) groups excluding carboxylic acids is 1. The van der Waals surface area contributed by atoms with E-state index in [2.05, 4.69) is 20.4 Å². The number of ether oxygens (including phenoxy) is 2. The molecule has 1 aromatic heterocycles. The molecule has 8 heteroatoms. The van der Waals surface area contributed by atoms with Crippen LogP contribution >= 0.6 is 0 Å². The molecule has 0 atom stereocenters. The number of rotatable bonds is 3. The summed E-state index contributed by atoms with van der Waals surface area (Å²) in [7, 11) is 0. The van der Waals surface area contributed by atoms with Gasteiger partial charge in [0, 0.05) is 25.2 Å². The lowest BCUT2D eigenvalue weighted by Gasteiger charge is -2.15. The lowest BCUT2D eigenvalue weighted by atomic mass is 10.2. The van der Waals surface area contributed by atoms with Crippen LogP contribution in [-0.4, -0.2) is 36.0 Å². The fraction of sp³-hybridized carbons (Fsp3) is 0.312. The van der Waals surface area contributed by atoms with Crippen LogP contribution in [0, 0.1) is 0 Å². The van der Waals surface area contributed by atoms with Gasteiger partial charge in [-0.15, -0.1) is 10.2 Å². The Morgan fingerprint density at radius 1 is 1.12 bits per heavy atom. The normalized spacial score (nSPS) is 15.6. The standard InChI is InChI=1S/C16H17N5O3/c17-10-7-13-14(24-9-23-13)8-12(10)18-16(22)11-3-4-15(20-19-11)21-5-1-2-6-21/h3-4,7-8H,1-2,5-6,9,17H2,(H,18,22). The Hall–Kier alpha value is -3.03. The van der Waals surface area contributed by atoms with E-state index in [0.717, 1.165) is 31.7 Å². The van der Waals surface area contributed by atoms with E-state index in [4.69, 9.17) is 15.2 Å². The summed E-state index contributed by atoms with van der Waals surface area (Å²) in [5.74, 6) is 1.54. The fourth-order valence-corrected chi connectivity index (χ4v) is 2.81. The van der Waals surface area contributed by atoms with Gasteiger partial charge in [-0.1, -0.05) is 0 Å². The van der Waals surface area contributed by atoms with Gasteiger partial charge in [0.2, 0.25) is 6.79 Å². The average Bonchev–Trinajstić information content (AvgIpc) is 3.26. The van der Waals surface area contributed by atoms with Crippen LogP contribution in [0.4, 0.5) is 17.2 Å². The average molecular weight is 327 g/mol. The zero-order chi connectivity index (χ0) is 16.5. The third kappa shape index (κ3) is 2.66. The van der Waals surface area contributed by atoms with Crippen molar-refractivity contribution in [1.82, 2.24) is 10.2 Å². The predicted molar refractivity (Wildman–Crippen MR) is 88.4 cm³/mol. The monoisotopic (exact) mass is 327 g/mol. The molecule has 0 unspecified atom stereocenters. The molecular weight excluding hydrogens is 310 g/mol. The Bertz CT molecular complexity index is 772. The lowest BCUT2D eigenvalue weighted by Crippen LogP contribution is -2.21. The number of nitrogens with two attached hydrogens (primary N) is 1. The molecule has 0 spiro atoms. The topological polar surface area (TPSA) is 103 Å². The number of carbonyl (C=O) groups is 1. The van der Waals surface area contributed by atoms with Crippen molar-refractivity contribution in [3.05, 3.63) is 30.0 Å². The largest absolute Gasteiger partial charge is 0.454 e. The van der Waals surface area contributed by atoms with Gasteiger partial charge in [0.05, 0.1) is 11.4 Å². The number of aromatic nitrogens is 2. The maximum absolute atomic E-state index is 12.3. The predicted octanol–water partition coefficient (Wildman–Crippen LogP) is 1.64. The first-order valence-electron chi connectivity index (χ1n) is 7.80. The second kappa shape index (κ2) is 5.88. The summed E-state index contributed by atoms with van der Waals surface area (Å²) in [6, 6.07) is 6.75. The van der Waals surface area contributed by atoms with Crippen LogP contribution in [0.1, 0.15) is 23.3 Å². The van der Waals surface area contributed by atoms with E-state index < -0.39 is 0 Å². The van der Waals surface area contributed by atoms with E-state index >= 15 is 0 Å². The van der Waals surface area contributed by atoms with Crippen LogP contribution in [0.25, 0.3) is 0 Å². The number of nitrogen functional groups attached to an aromatic ring is 1. The van der Waals surface area contributed by atoms with Crippen LogP contribution in [0.5, 0.6) is 11.5 Å². The first kappa shape index (κ1) is 14.6. The van der Waals surface area contributed by atoms with Gasteiger partial charge in [0.25, 0.3) is 5.91 Å². The molecule has 4 rings (SSSR count). The number of hydrogen-bond donors (Lipinski definition) is 2. The minimum absolute atomic E-state index is 0.148. The highest BCUT2D eigenvalue weighted by molar-refractivity contribution is 6.04. The number of benzene rings is 1. The van der Waals surface area contributed by atoms with Crippen LogP contribution in [0.3, 0.4) is 0 Å². The third-order valence-corrected chi connectivity index (χ3v) is 4.11. The highest BCUT2D eigenvalue weighted by Crippen LogP contribution is 2.38. The van der Waals surface area contributed by atoms with E-state index in [0.29, 0.717) is 22.9 Å². The highest BCUT2D eigenvalue weighted by Gasteiger charge is 2.19. The number of amides is 1. The van der Waals surface area contributed by atoms with Crippen molar-refractivity contribution in [2.24, 2.45) is 0 Å². The quantitative estimate of drug-likeness (QED) is 0.826. The highest BCUT2D eigenvalue weighted by atomic mass is 16.7. The van der Waals surface area contributed by atoms with E-state index in [1.54, 1.807) is 18.2 Å². The first-order valence-corrected chi connectivity index (χ1v) is 7.80. The van der Waals surface area contributed by atoms with E-state index in [9.17, 15) is 4.79 Å². The van der Waals surface area contributed by atoms with E-state index in [1.165, 1.54) is 0 Å². The van der Waals surface area contributed by atoms with Gasteiger partial charge in [-0.2, -0.15) is 0 Å². The third-order valence-electron chi connectivity index (χ3n) is 4.11. The minimum Gasteiger partial charge on any atom is -0.454 e. The lowest BCUT2D eigenvalue weighted by molar-refractivity contribution is 0.102. The van der Waals surface area contributed by atoms with Crippen molar-refractivity contribution in [3.8, 4) is 11.5 Å². The van der Waals surface area contributed by atoms with Crippen LogP contribution < -0.4 is 25.4 Å². The maximum Gasteiger partial charge on any atom is 0.276 e. The number of anilines is 3. The summed E-state index contributed by atoms with van der Waals surface area (Å²) >= 11 is 0. The first-order chi connectivity index (χ1) is 11.7. The fourth-order valence-electron chi connectivity index (χ4n) is 2.81. The molecule has 1 fully saturated rings. The Kier molecular flexibility index (Phi) is 3.56. The zero-order valence-corrected chi connectivity index (χ0v) is 13.0. The molecule has 124 valence electrons. The van der Waals surface area contributed by atoms with Crippen molar-refractivity contribution >= 4 is 23.1 Å². The maximum atomic E-state index is 12.3. The molecule has 1 aromatic carbocycles. The minimum atomic E-state index is -0.374. The Labute approximate surface area is 138 Å². The van der Waals surface area contributed by atoms with Crippen LogP contribution in [0.2, 0.25) is 0 Å². The molecule has 3 heterocycles. The van der Waals surface area contributed by atoms with Gasteiger partial charge in [-0.05, 0) is 25.0 Å². The summed E-state index contributed by atoms with van der Waals surface area (Å²) < 4.78 is 10.5. The van der Waals surface area contributed by atoms with E-state index in [1.807, 2.05) is 6.07 Å². The van der Waals surface area contributed by atoms with Gasteiger partial charge in [-0.3, -0.25) is 4.79 Å². The molecule has 0 radical (unpaired) electrons. The molecule has 0 aliphatic carbocycles. The number of hydrogen-bond acceptors (Lipinski definition) is 7. The number of nitrogens with zero attached hydrogens (tertiary/aromatic N) is 3. The van der Waals surface area contributed by atoms with Crippen molar-refractivity contribution in [3.63, 3.8) is 0 Å². The second-order valence-electron chi connectivity index (χ2n) is 5.72. The molecule has 2 aliphatic heterocycles. The van der Waals surface area contributed by atoms with Crippen LogP contribution in [0.15, 0.2) is 24.3 Å². The molecule has 8 nitrogen and oxygen atoms in total. The molecule has 3 N–H and O–H groups in total. The van der Waals surface area contributed by atoms with Crippen molar-refractivity contribution in [2.75, 3.05) is 35.8 Å². The van der Waals surface area contributed by atoms with Gasteiger partial charge in [0.1, 0.15) is 0 Å². The molecule has 1 saturated heterocycles. The molecule has 2 aromatic rings. The zero-order valence-electron chi connectivity index (χ0n) is 13.0. The van der Waals surface area contributed by atoms with Crippen LogP contribution in [-0.2, 0) is 0 Å². The molecular formula is C16H17N5O3. The molecule has 24 heavy (non-hydrogen) atoms. The van der Waals surface area contributed by atoms with Crippen molar-refractivity contribution in [1.29, 1.82) is 0 Å². The Morgan fingerprint density at radius 2 is 1.88 bits per heavy atom. The number of nitrogens with one attached hydrogen (secondary N) is 1. The van der Waals surface area contributed by atoms with Gasteiger partial charge < -0.3 is 25.4 Å². The Morgan fingerprint density at radius 3 is 2.58 bits per heavy atom. The van der Waals surface area contributed by atoms with Gasteiger partial charge >= 0.3 is 0 Å². The number of fused-ring (bicyclic) bond motifs is 1. The van der Waals surface area contributed by atoms with Crippen molar-refractivity contribution in [2.45, 2.75) is 12.8 Å².